The summed E-state index contributed by atoms with van der Waals surface area (Å²) in [6, 6.07) is 11.2. The van der Waals surface area contributed by atoms with Crippen molar-refractivity contribution in [3.63, 3.8) is 0 Å². The minimum atomic E-state index is -0.184. The van der Waals surface area contributed by atoms with Gasteiger partial charge in [0.2, 0.25) is 0 Å². The molecule has 2 nitrogen and oxygen atoms in total. The van der Waals surface area contributed by atoms with Crippen LogP contribution in [0.3, 0.4) is 0 Å². The molecular formula is C15H19FN2. The van der Waals surface area contributed by atoms with E-state index in [0.29, 0.717) is 6.04 Å². The van der Waals surface area contributed by atoms with E-state index in [-0.39, 0.29) is 5.82 Å². The van der Waals surface area contributed by atoms with Crippen LogP contribution in [-0.2, 0) is 6.42 Å². The first kappa shape index (κ1) is 12.7. The molecule has 1 heterocycles. The summed E-state index contributed by atoms with van der Waals surface area (Å²) in [5.74, 6) is -0.184. The molecule has 18 heavy (non-hydrogen) atoms. The van der Waals surface area contributed by atoms with E-state index in [2.05, 4.69) is 43.0 Å². The van der Waals surface area contributed by atoms with Crippen LogP contribution in [0.4, 0.5) is 4.39 Å². The predicted octanol–water partition coefficient (Wildman–Crippen LogP) is 3.42. The summed E-state index contributed by atoms with van der Waals surface area (Å²) in [7, 11) is 0. The number of benzene rings is 1. The third-order valence-electron chi connectivity index (χ3n) is 3.08. The van der Waals surface area contributed by atoms with Crippen LogP contribution in [0.15, 0.2) is 36.4 Å². The van der Waals surface area contributed by atoms with E-state index in [1.54, 1.807) is 0 Å². The highest BCUT2D eigenvalue weighted by Gasteiger charge is 2.06. The summed E-state index contributed by atoms with van der Waals surface area (Å²) in [6.07, 6.45) is 0.872. The molecule has 0 radical (unpaired) electrons. The molecule has 0 bridgehead atoms. The fourth-order valence-electron chi connectivity index (χ4n) is 2.11. The molecule has 3 heteroatoms. The Morgan fingerprint density at radius 1 is 1.06 bits per heavy atom. The highest BCUT2D eigenvalue weighted by molar-refractivity contribution is 5.19. The summed E-state index contributed by atoms with van der Waals surface area (Å²) in [5.41, 5.74) is 6.97. The second-order valence-corrected chi connectivity index (χ2v) is 4.81. The van der Waals surface area contributed by atoms with Gasteiger partial charge in [-0.2, -0.15) is 0 Å². The number of aryl methyl sites for hydroxylation is 2. The number of halogens is 1. The fourth-order valence-corrected chi connectivity index (χ4v) is 2.11. The molecule has 1 unspecified atom stereocenters. The van der Waals surface area contributed by atoms with Gasteiger partial charge in [-0.15, -0.1) is 0 Å². The molecule has 1 atom stereocenters. The van der Waals surface area contributed by atoms with Crippen LogP contribution in [-0.4, -0.2) is 10.7 Å². The molecule has 0 saturated heterocycles. The maximum atomic E-state index is 12.8. The van der Waals surface area contributed by atoms with Crippen LogP contribution in [0, 0.1) is 19.7 Å². The summed E-state index contributed by atoms with van der Waals surface area (Å²) in [5, 5.41) is 0. The first-order valence-corrected chi connectivity index (χ1v) is 6.22. The van der Waals surface area contributed by atoms with Crippen molar-refractivity contribution < 1.29 is 4.39 Å². The summed E-state index contributed by atoms with van der Waals surface area (Å²) in [4.78, 5) is 0. The zero-order valence-corrected chi connectivity index (χ0v) is 11.1. The van der Waals surface area contributed by atoms with Gasteiger partial charge in [0, 0.05) is 17.4 Å². The Balaban J connectivity index is 2.01. The van der Waals surface area contributed by atoms with E-state index >= 15 is 0 Å². The molecule has 1 aromatic heterocycles. The Labute approximate surface area is 107 Å². The maximum Gasteiger partial charge on any atom is 0.123 e. The number of rotatable bonds is 4. The molecule has 96 valence electrons. The number of hydrogen-bond acceptors (Lipinski definition) is 1. The molecule has 0 amide bonds. The zero-order valence-electron chi connectivity index (χ0n) is 11.1. The minimum Gasteiger partial charge on any atom is -0.323 e. The van der Waals surface area contributed by atoms with Crippen LogP contribution in [0.5, 0.6) is 0 Å². The molecule has 1 aromatic carbocycles. The number of nitrogens with zero attached hydrogens (tertiary/aromatic N) is 1. The molecule has 0 saturated carbocycles. The van der Waals surface area contributed by atoms with Crippen molar-refractivity contribution in [3.8, 4) is 0 Å². The molecule has 0 fully saturated rings. The molecule has 0 aliphatic carbocycles. The molecule has 0 aliphatic heterocycles. The molecule has 0 aliphatic rings. The first-order valence-electron chi connectivity index (χ1n) is 6.22. The third kappa shape index (κ3) is 2.92. The maximum absolute atomic E-state index is 12.8. The number of aromatic nitrogens is 1. The van der Waals surface area contributed by atoms with E-state index in [1.807, 2.05) is 12.1 Å². The van der Waals surface area contributed by atoms with Gasteiger partial charge in [-0.1, -0.05) is 12.1 Å². The van der Waals surface area contributed by atoms with Crippen molar-refractivity contribution in [1.29, 1.82) is 0 Å². The van der Waals surface area contributed by atoms with Crippen molar-refractivity contribution in [2.45, 2.75) is 33.2 Å². The lowest BCUT2D eigenvalue weighted by molar-refractivity contribution is 0.624. The Bertz CT molecular complexity index is 494. The summed E-state index contributed by atoms with van der Waals surface area (Å²) in [6.45, 7) is 6.28. The standard InChI is InChI=1S/C15H19FN2/c1-11(10-14-6-8-15(16)9-7-14)17-18-12(2)4-5-13(18)3/h4-9,11,17H,10H2,1-3H3. The van der Waals surface area contributed by atoms with E-state index in [9.17, 15) is 4.39 Å². The van der Waals surface area contributed by atoms with Gasteiger partial charge in [0.1, 0.15) is 5.82 Å². The topological polar surface area (TPSA) is 17.0 Å². The molecule has 2 rings (SSSR count). The number of hydrogen-bond donors (Lipinski definition) is 1. The van der Waals surface area contributed by atoms with Crippen LogP contribution in [0.1, 0.15) is 23.9 Å². The smallest absolute Gasteiger partial charge is 0.123 e. The fraction of sp³-hybridized carbons (Fsp3) is 0.333. The van der Waals surface area contributed by atoms with Crippen LogP contribution >= 0.6 is 0 Å². The second-order valence-electron chi connectivity index (χ2n) is 4.81. The number of nitrogens with one attached hydrogen (secondary N) is 1. The molecule has 0 spiro atoms. The first-order chi connectivity index (χ1) is 8.56. The van der Waals surface area contributed by atoms with Gasteiger partial charge in [0.15, 0.2) is 0 Å². The van der Waals surface area contributed by atoms with Gasteiger partial charge in [-0.3, -0.25) is 4.68 Å². The molecule has 2 aromatic rings. The second kappa shape index (κ2) is 5.25. The van der Waals surface area contributed by atoms with E-state index in [0.717, 1.165) is 12.0 Å². The van der Waals surface area contributed by atoms with E-state index in [1.165, 1.54) is 23.5 Å². The van der Waals surface area contributed by atoms with Gasteiger partial charge in [-0.25, -0.2) is 4.39 Å². The monoisotopic (exact) mass is 246 g/mol. The molecule has 1 N–H and O–H groups in total. The van der Waals surface area contributed by atoms with Gasteiger partial charge in [0.05, 0.1) is 0 Å². The van der Waals surface area contributed by atoms with Crippen molar-refractivity contribution in [2.24, 2.45) is 0 Å². The Kier molecular flexibility index (Phi) is 3.70. The van der Waals surface area contributed by atoms with Gasteiger partial charge >= 0.3 is 0 Å². The van der Waals surface area contributed by atoms with Crippen LogP contribution in [0.25, 0.3) is 0 Å². The minimum absolute atomic E-state index is 0.184. The van der Waals surface area contributed by atoms with Crippen molar-refractivity contribution in [1.82, 2.24) is 4.68 Å². The van der Waals surface area contributed by atoms with Crippen molar-refractivity contribution in [3.05, 3.63) is 59.2 Å². The van der Waals surface area contributed by atoms with Crippen molar-refractivity contribution >= 4 is 0 Å². The van der Waals surface area contributed by atoms with Gasteiger partial charge < -0.3 is 5.43 Å². The highest BCUT2D eigenvalue weighted by atomic mass is 19.1. The highest BCUT2D eigenvalue weighted by Crippen LogP contribution is 2.09. The Morgan fingerprint density at radius 3 is 2.17 bits per heavy atom. The average molecular weight is 246 g/mol. The zero-order chi connectivity index (χ0) is 13.1. The van der Waals surface area contributed by atoms with Crippen LogP contribution < -0.4 is 5.43 Å². The molecular weight excluding hydrogens is 227 g/mol. The lowest BCUT2D eigenvalue weighted by Crippen LogP contribution is -2.28. The third-order valence-corrected chi connectivity index (χ3v) is 3.08. The van der Waals surface area contributed by atoms with E-state index < -0.39 is 0 Å². The normalized spacial score (nSPS) is 12.4. The van der Waals surface area contributed by atoms with Crippen LogP contribution in [0.2, 0.25) is 0 Å². The average Bonchev–Trinajstić information content (AvgIpc) is 2.64. The van der Waals surface area contributed by atoms with Crippen molar-refractivity contribution in [2.75, 3.05) is 5.43 Å². The summed E-state index contributed by atoms with van der Waals surface area (Å²) >= 11 is 0. The van der Waals surface area contributed by atoms with Gasteiger partial charge in [-0.05, 0) is 57.0 Å². The lowest BCUT2D eigenvalue weighted by atomic mass is 10.1. The lowest BCUT2D eigenvalue weighted by Gasteiger charge is -2.19. The SMILES string of the molecule is Cc1ccc(C)n1NC(C)Cc1ccc(F)cc1. The Morgan fingerprint density at radius 2 is 1.61 bits per heavy atom. The Hall–Kier alpha value is -1.77. The van der Waals surface area contributed by atoms with E-state index in [4.69, 9.17) is 0 Å². The quantitative estimate of drug-likeness (QED) is 0.874. The van der Waals surface area contributed by atoms with Gasteiger partial charge in [0.25, 0.3) is 0 Å². The largest absolute Gasteiger partial charge is 0.323 e. The summed E-state index contributed by atoms with van der Waals surface area (Å²) < 4.78 is 14.9. The predicted molar refractivity (Wildman–Crippen MR) is 72.8 cm³/mol.